The van der Waals surface area contributed by atoms with Gasteiger partial charge in [0.1, 0.15) is 12.1 Å². The Bertz CT molecular complexity index is 1010. The normalized spacial score (nSPS) is 14.0. The van der Waals surface area contributed by atoms with Crippen molar-refractivity contribution in [3.63, 3.8) is 0 Å². The van der Waals surface area contributed by atoms with Crippen molar-refractivity contribution in [2.75, 3.05) is 43.4 Å². The number of nitrogens with zero attached hydrogens (tertiary/aromatic N) is 5. The van der Waals surface area contributed by atoms with Gasteiger partial charge < -0.3 is 14.5 Å². The molecular weight excluding hydrogens is 410 g/mol. The number of benzene rings is 2. The monoisotopic (exact) mass is 437 g/mol. The predicted molar refractivity (Wildman–Crippen MR) is 123 cm³/mol. The van der Waals surface area contributed by atoms with Crippen LogP contribution in [0.15, 0.2) is 60.0 Å². The third kappa shape index (κ3) is 5.02. The van der Waals surface area contributed by atoms with E-state index in [0.29, 0.717) is 25.4 Å². The number of thioether (sulfide) groups is 1. The lowest BCUT2D eigenvalue weighted by molar-refractivity contribution is -0.128. The molecule has 1 saturated heterocycles. The summed E-state index contributed by atoms with van der Waals surface area (Å²) in [7, 11) is 0. The molecule has 1 aliphatic rings. The smallest absolute Gasteiger partial charge is 0.233 e. The molecule has 4 rings (SSSR count). The fraction of sp³-hybridized carbons (Fsp3) is 0.348. The molecule has 0 saturated carbocycles. The number of hydrogen-bond acceptors (Lipinski definition) is 6. The van der Waals surface area contributed by atoms with Gasteiger partial charge in [0.15, 0.2) is 5.16 Å². The van der Waals surface area contributed by atoms with E-state index in [4.69, 9.17) is 4.74 Å². The van der Waals surface area contributed by atoms with Crippen molar-refractivity contribution < 1.29 is 9.53 Å². The highest BCUT2D eigenvalue weighted by Crippen LogP contribution is 2.29. The van der Waals surface area contributed by atoms with Gasteiger partial charge in [0.25, 0.3) is 0 Å². The van der Waals surface area contributed by atoms with E-state index in [1.165, 1.54) is 17.3 Å². The highest BCUT2D eigenvalue weighted by atomic mass is 32.2. The van der Waals surface area contributed by atoms with Crippen LogP contribution < -0.4 is 9.64 Å². The molecule has 31 heavy (non-hydrogen) atoms. The molecule has 7 nitrogen and oxygen atoms in total. The summed E-state index contributed by atoms with van der Waals surface area (Å²) in [6.07, 6.45) is 1.69. The maximum absolute atomic E-state index is 12.8. The lowest BCUT2D eigenvalue weighted by atomic mass is 10.2. The number of anilines is 1. The fourth-order valence-corrected chi connectivity index (χ4v) is 4.45. The molecule has 2 heterocycles. The first-order chi connectivity index (χ1) is 15.2. The van der Waals surface area contributed by atoms with Gasteiger partial charge in [-0.1, -0.05) is 41.6 Å². The third-order valence-corrected chi connectivity index (χ3v) is 6.22. The maximum Gasteiger partial charge on any atom is 0.233 e. The Morgan fingerprint density at radius 2 is 1.81 bits per heavy atom. The van der Waals surface area contributed by atoms with Crippen molar-refractivity contribution in [1.82, 2.24) is 19.7 Å². The summed E-state index contributed by atoms with van der Waals surface area (Å²) in [6.45, 7) is 7.67. The Balaban J connectivity index is 1.33. The molecular formula is C23H27N5O2S. The average Bonchev–Trinajstić information content (AvgIpc) is 3.27. The van der Waals surface area contributed by atoms with Crippen molar-refractivity contribution in [3.8, 4) is 11.4 Å². The number of para-hydroxylation sites is 2. The van der Waals surface area contributed by atoms with Gasteiger partial charge in [-0.3, -0.25) is 9.36 Å². The molecule has 1 fully saturated rings. The van der Waals surface area contributed by atoms with Crippen molar-refractivity contribution in [3.05, 3.63) is 60.4 Å². The second-order valence-electron chi connectivity index (χ2n) is 7.38. The van der Waals surface area contributed by atoms with Crippen LogP contribution in [0.5, 0.6) is 5.75 Å². The minimum atomic E-state index is 0.126. The predicted octanol–water partition coefficient (Wildman–Crippen LogP) is 3.42. The summed E-state index contributed by atoms with van der Waals surface area (Å²) in [5, 5.41) is 8.94. The molecule has 1 aliphatic heterocycles. The highest BCUT2D eigenvalue weighted by molar-refractivity contribution is 7.99. The first-order valence-electron chi connectivity index (χ1n) is 10.5. The Labute approximate surface area is 187 Å². The topological polar surface area (TPSA) is 63.5 Å². The van der Waals surface area contributed by atoms with Crippen molar-refractivity contribution in [2.24, 2.45) is 0 Å². The number of aromatic nitrogens is 3. The molecule has 0 aliphatic carbocycles. The number of piperazine rings is 1. The molecule has 1 aromatic heterocycles. The van der Waals surface area contributed by atoms with E-state index in [1.54, 1.807) is 6.33 Å². The molecule has 162 valence electrons. The van der Waals surface area contributed by atoms with Gasteiger partial charge in [0.2, 0.25) is 5.91 Å². The second kappa shape index (κ2) is 9.87. The highest BCUT2D eigenvalue weighted by Gasteiger charge is 2.23. The van der Waals surface area contributed by atoms with Crippen molar-refractivity contribution >= 4 is 23.4 Å². The molecule has 0 radical (unpaired) electrons. The van der Waals surface area contributed by atoms with Gasteiger partial charge in [0, 0.05) is 31.9 Å². The zero-order chi connectivity index (χ0) is 21.6. The molecule has 0 spiro atoms. The van der Waals surface area contributed by atoms with Crippen LogP contribution in [-0.4, -0.2) is 64.1 Å². The van der Waals surface area contributed by atoms with E-state index in [1.807, 2.05) is 46.7 Å². The first kappa shape index (κ1) is 21.2. The summed E-state index contributed by atoms with van der Waals surface area (Å²) in [5.74, 6) is 1.37. The Kier molecular flexibility index (Phi) is 6.76. The number of ether oxygens (including phenoxy) is 1. The van der Waals surface area contributed by atoms with Crippen LogP contribution in [0.4, 0.5) is 5.69 Å². The van der Waals surface area contributed by atoms with Gasteiger partial charge in [-0.15, -0.1) is 10.2 Å². The third-order valence-electron chi connectivity index (χ3n) is 5.29. The van der Waals surface area contributed by atoms with E-state index >= 15 is 0 Å². The molecule has 1 amide bonds. The summed E-state index contributed by atoms with van der Waals surface area (Å²) >= 11 is 1.43. The SMILES string of the molecule is CCOc1ccccc1N1CCN(C(=O)CSc2nncn2-c2ccc(C)cc2)CC1. The fourth-order valence-electron chi connectivity index (χ4n) is 3.62. The number of rotatable bonds is 7. The van der Waals surface area contributed by atoms with E-state index in [-0.39, 0.29) is 5.91 Å². The molecule has 0 bridgehead atoms. The molecule has 3 aromatic rings. The lowest BCUT2D eigenvalue weighted by Gasteiger charge is -2.36. The van der Waals surface area contributed by atoms with Crippen molar-refractivity contribution in [2.45, 2.75) is 19.0 Å². The number of carbonyl (C=O) groups excluding carboxylic acids is 1. The van der Waals surface area contributed by atoms with E-state index in [2.05, 4.69) is 40.2 Å². The molecule has 0 unspecified atom stereocenters. The zero-order valence-electron chi connectivity index (χ0n) is 17.9. The van der Waals surface area contributed by atoms with Crippen LogP contribution in [0.25, 0.3) is 5.69 Å². The summed E-state index contributed by atoms with van der Waals surface area (Å²) in [5.41, 5.74) is 3.29. The number of aryl methyl sites for hydroxylation is 1. The maximum atomic E-state index is 12.8. The van der Waals surface area contributed by atoms with Crippen LogP contribution in [0.1, 0.15) is 12.5 Å². The summed E-state index contributed by atoms with van der Waals surface area (Å²) in [6, 6.07) is 16.3. The van der Waals surface area contributed by atoms with Crippen LogP contribution in [0, 0.1) is 6.92 Å². The molecule has 0 N–H and O–H groups in total. The number of carbonyl (C=O) groups is 1. The standard InChI is InChI=1S/C23H27N5O2S/c1-3-30-21-7-5-4-6-20(21)26-12-14-27(15-13-26)22(29)16-31-23-25-24-17-28(23)19-10-8-18(2)9-11-19/h4-11,17H,3,12-16H2,1-2H3. The Morgan fingerprint density at radius 3 is 2.55 bits per heavy atom. The van der Waals surface area contributed by atoms with Gasteiger partial charge in [-0.05, 0) is 38.1 Å². The zero-order valence-corrected chi connectivity index (χ0v) is 18.7. The Hall–Kier alpha value is -3.00. The second-order valence-corrected chi connectivity index (χ2v) is 8.32. The van der Waals surface area contributed by atoms with E-state index < -0.39 is 0 Å². The van der Waals surface area contributed by atoms with Crippen LogP contribution in [0.3, 0.4) is 0 Å². The quantitative estimate of drug-likeness (QED) is 0.528. The van der Waals surface area contributed by atoms with Gasteiger partial charge in [0.05, 0.1) is 18.0 Å². The Morgan fingerprint density at radius 1 is 1.06 bits per heavy atom. The first-order valence-corrected chi connectivity index (χ1v) is 11.5. The number of amides is 1. The van der Waals surface area contributed by atoms with Gasteiger partial charge in [-0.25, -0.2) is 0 Å². The van der Waals surface area contributed by atoms with Gasteiger partial charge >= 0.3 is 0 Å². The molecule has 0 atom stereocenters. The number of hydrogen-bond donors (Lipinski definition) is 0. The van der Waals surface area contributed by atoms with Crippen LogP contribution >= 0.6 is 11.8 Å². The summed E-state index contributed by atoms with van der Waals surface area (Å²) < 4.78 is 7.67. The van der Waals surface area contributed by atoms with Crippen molar-refractivity contribution in [1.29, 1.82) is 0 Å². The summed E-state index contributed by atoms with van der Waals surface area (Å²) in [4.78, 5) is 17.0. The largest absolute Gasteiger partial charge is 0.492 e. The molecule has 8 heteroatoms. The van der Waals surface area contributed by atoms with Crippen LogP contribution in [-0.2, 0) is 4.79 Å². The van der Waals surface area contributed by atoms with E-state index in [9.17, 15) is 4.79 Å². The van der Waals surface area contributed by atoms with E-state index in [0.717, 1.165) is 35.4 Å². The average molecular weight is 438 g/mol. The minimum absolute atomic E-state index is 0.126. The van der Waals surface area contributed by atoms with Crippen LogP contribution in [0.2, 0.25) is 0 Å². The van der Waals surface area contributed by atoms with Gasteiger partial charge in [-0.2, -0.15) is 0 Å². The lowest BCUT2D eigenvalue weighted by Crippen LogP contribution is -2.49. The minimum Gasteiger partial charge on any atom is -0.492 e. The molecule has 2 aromatic carbocycles.